The summed E-state index contributed by atoms with van der Waals surface area (Å²) in [5.41, 5.74) is 2.55. The van der Waals surface area contributed by atoms with Crippen LogP contribution in [0.1, 0.15) is 104 Å². The standard InChI is InChI=1S/C12H10.2C9H18O2/c1-3-7-11(8-4-1)12-9-5-2-6-10-12;2*1-2-3-4-5-6-7-8-9(10)11/h1-10H;2*2-8H2,1H3,(H,10,11). The SMILES string of the molecule is CCCCCCCCC(=O)O.CCCCCCCCC(=O)O.c1ccc(-c2ccccc2)cc1. The van der Waals surface area contributed by atoms with Gasteiger partial charge < -0.3 is 10.2 Å². The molecule has 2 aromatic rings. The molecular weight excluding hydrogens is 424 g/mol. The summed E-state index contributed by atoms with van der Waals surface area (Å²) in [6, 6.07) is 20.8. The average Bonchev–Trinajstić information content (AvgIpc) is 2.85. The highest BCUT2D eigenvalue weighted by molar-refractivity contribution is 5.66. The Balaban J connectivity index is 0.000000482. The molecule has 0 aromatic heterocycles. The number of aliphatic carboxylic acids is 2. The van der Waals surface area contributed by atoms with Crippen molar-refractivity contribution in [3.8, 4) is 11.1 Å². The Labute approximate surface area is 207 Å². The molecule has 0 atom stereocenters. The van der Waals surface area contributed by atoms with Crippen molar-refractivity contribution in [3.05, 3.63) is 60.7 Å². The number of carboxylic acid groups (broad SMARTS) is 2. The molecule has 0 unspecified atom stereocenters. The van der Waals surface area contributed by atoms with Crippen molar-refractivity contribution < 1.29 is 19.8 Å². The first-order valence-electron chi connectivity index (χ1n) is 13.0. The van der Waals surface area contributed by atoms with E-state index < -0.39 is 11.9 Å². The van der Waals surface area contributed by atoms with Gasteiger partial charge in [-0.05, 0) is 24.0 Å². The van der Waals surface area contributed by atoms with Crippen LogP contribution in [-0.4, -0.2) is 22.2 Å². The van der Waals surface area contributed by atoms with Crippen LogP contribution in [0.5, 0.6) is 0 Å². The van der Waals surface area contributed by atoms with Crippen molar-refractivity contribution in [2.24, 2.45) is 0 Å². The molecule has 0 amide bonds. The van der Waals surface area contributed by atoms with Crippen LogP contribution in [0.2, 0.25) is 0 Å². The van der Waals surface area contributed by atoms with E-state index in [1.807, 2.05) is 12.1 Å². The second-order valence-electron chi connectivity index (χ2n) is 8.56. The summed E-state index contributed by atoms with van der Waals surface area (Å²) >= 11 is 0. The van der Waals surface area contributed by atoms with Crippen LogP contribution >= 0.6 is 0 Å². The number of hydrogen-bond acceptors (Lipinski definition) is 2. The third-order valence-electron chi connectivity index (χ3n) is 5.37. The molecule has 0 fully saturated rings. The van der Waals surface area contributed by atoms with Gasteiger partial charge in [0, 0.05) is 12.8 Å². The lowest BCUT2D eigenvalue weighted by Gasteiger charge is -1.98. The number of carbonyl (C=O) groups is 2. The van der Waals surface area contributed by atoms with Crippen LogP contribution in [0.3, 0.4) is 0 Å². The fraction of sp³-hybridized carbons (Fsp3) is 0.533. The first kappa shape index (κ1) is 31.4. The number of hydrogen-bond donors (Lipinski definition) is 2. The summed E-state index contributed by atoms with van der Waals surface area (Å²) in [6.45, 7) is 4.36. The molecule has 0 aliphatic heterocycles. The lowest BCUT2D eigenvalue weighted by molar-refractivity contribution is -0.138. The molecule has 190 valence electrons. The Bertz CT molecular complexity index is 650. The van der Waals surface area contributed by atoms with E-state index in [-0.39, 0.29) is 0 Å². The molecular formula is C30H46O4. The molecule has 2 N–H and O–H groups in total. The third kappa shape index (κ3) is 21.2. The zero-order valence-corrected chi connectivity index (χ0v) is 21.4. The van der Waals surface area contributed by atoms with Gasteiger partial charge in [-0.25, -0.2) is 0 Å². The Kier molecular flexibility index (Phi) is 21.7. The zero-order chi connectivity index (χ0) is 25.3. The van der Waals surface area contributed by atoms with Crippen LogP contribution in [0, 0.1) is 0 Å². The summed E-state index contributed by atoms with van der Waals surface area (Å²) in [5.74, 6) is -1.33. The third-order valence-corrected chi connectivity index (χ3v) is 5.37. The van der Waals surface area contributed by atoms with Gasteiger partial charge in [0.05, 0.1) is 0 Å². The lowest BCUT2D eigenvalue weighted by atomic mass is 10.1. The molecule has 0 bridgehead atoms. The van der Waals surface area contributed by atoms with E-state index >= 15 is 0 Å². The van der Waals surface area contributed by atoms with Gasteiger partial charge in [-0.1, -0.05) is 139 Å². The van der Waals surface area contributed by atoms with Gasteiger partial charge in [0.2, 0.25) is 0 Å². The van der Waals surface area contributed by atoms with Gasteiger partial charge in [-0.3, -0.25) is 9.59 Å². The maximum absolute atomic E-state index is 10.1. The van der Waals surface area contributed by atoms with Crippen molar-refractivity contribution in [2.45, 2.75) is 104 Å². The highest BCUT2D eigenvalue weighted by atomic mass is 16.4. The van der Waals surface area contributed by atoms with Crippen molar-refractivity contribution in [2.75, 3.05) is 0 Å². The molecule has 0 spiro atoms. The van der Waals surface area contributed by atoms with E-state index in [4.69, 9.17) is 10.2 Å². The van der Waals surface area contributed by atoms with E-state index in [1.54, 1.807) is 0 Å². The van der Waals surface area contributed by atoms with Gasteiger partial charge in [0.15, 0.2) is 0 Å². The summed E-state index contributed by atoms with van der Waals surface area (Å²) in [6.07, 6.45) is 14.5. The molecule has 4 nitrogen and oxygen atoms in total. The summed E-state index contributed by atoms with van der Waals surface area (Å²) in [7, 11) is 0. The van der Waals surface area contributed by atoms with E-state index in [0.29, 0.717) is 12.8 Å². The maximum atomic E-state index is 10.1. The van der Waals surface area contributed by atoms with Crippen molar-refractivity contribution in [1.29, 1.82) is 0 Å². The van der Waals surface area contributed by atoms with Crippen LogP contribution in [0.25, 0.3) is 11.1 Å². The first-order valence-corrected chi connectivity index (χ1v) is 13.0. The monoisotopic (exact) mass is 470 g/mol. The molecule has 0 heterocycles. The van der Waals surface area contributed by atoms with Crippen molar-refractivity contribution >= 4 is 11.9 Å². The number of rotatable bonds is 15. The van der Waals surface area contributed by atoms with Gasteiger partial charge in [0.25, 0.3) is 0 Å². The minimum Gasteiger partial charge on any atom is -0.481 e. The summed E-state index contributed by atoms with van der Waals surface area (Å²) in [4.78, 5) is 20.2. The highest BCUT2D eigenvalue weighted by Crippen LogP contribution is 2.17. The Morgan fingerprint density at radius 1 is 0.500 bits per heavy atom. The second kappa shape index (κ2) is 23.5. The van der Waals surface area contributed by atoms with Crippen LogP contribution in [0.15, 0.2) is 60.7 Å². The molecule has 0 aliphatic rings. The molecule has 2 rings (SSSR count). The summed E-state index contributed by atoms with van der Waals surface area (Å²) < 4.78 is 0. The fourth-order valence-corrected chi connectivity index (χ4v) is 3.37. The molecule has 4 heteroatoms. The normalized spacial score (nSPS) is 9.82. The minimum absolute atomic E-state index is 0.339. The summed E-state index contributed by atoms with van der Waals surface area (Å²) in [5, 5.41) is 16.6. The minimum atomic E-state index is -0.666. The van der Waals surface area contributed by atoms with E-state index in [1.165, 1.54) is 62.5 Å². The Hall–Kier alpha value is -2.62. The molecule has 0 saturated carbocycles. The molecule has 34 heavy (non-hydrogen) atoms. The number of benzene rings is 2. The molecule has 0 saturated heterocycles. The molecule has 0 aliphatic carbocycles. The average molecular weight is 471 g/mol. The molecule has 0 radical (unpaired) electrons. The Morgan fingerprint density at radius 2 is 0.794 bits per heavy atom. The van der Waals surface area contributed by atoms with Gasteiger partial charge in [0.1, 0.15) is 0 Å². The zero-order valence-electron chi connectivity index (χ0n) is 21.4. The van der Waals surface area contributed by atoms with Crippen LogP contribution < -0.4 is 0 Å². The van der Waals surface area contributed by atoms with E-state index in [0.717, 1.165) is 25.7 Å². The topological polar surface area (TPSA) is 74.6 Å². The second-order valence-corrected chi connectivity index (χ2v) is 8.56. The smallest absolute Gasteiger partial charge is 0.303 e. The van der Waals surface area contributed by atoms with E-state index in [2.05, 4.69) is 62.4 Å². The maximum Gasteiger partial charge on any atom is 0.303 e. The predicted octanol–water partition coefficient (Wildman–Crippen LogP) is 9.00. The highest BCUT2D eigenvalue weighted by Gasteiger charge is 1.96. The van der Waals surface area contributed by atoms with Gasteiger partial charge in [-0.15, -0.1) is 0 Å². The lowest BCUT2D eigenvalue weighted by Crippen LogP contribution is -1.93. The van der Waals surface area contributed by atoms with Crippen LogP contribution in [-0.2, 0) is 9.59 Å². The predicted molar refractivity (Wildman–Crippen MR) is 143 cm³/mol. The van der Waals surface area contributed by atoms with Gasteiger partial charge >= 0.3 is 11.9 Å². The fourth-order valence-electron chi connectivity index (χ4n) is 3.37. The van der Waals surface area contributed by atoms with Crippen LogP contribution in [0.4, 0.5) is 0 Å². The number of carboxylic acids is 2. The van der Waals surface area contributed by atoms with E-state index in [9.17, 15) is 9.59 Å². The quantitative estimate of drug-likeness (QED) is 0.255. The van der Waals surface area contributed by atoms with Crippen molar-refractivity contribution in [1.82, 2.24) is 0 Å². The number of unbranched alkanes of at least 4 members (excludes halogenated alkanes) is 10. The van der Waals surface area contributed by atoms with Crippen molar-refractivity contribution in [3.63, 3.8) is 0 Å². The molecule has 2 aromatic carbocycles. The first-order chi connectivity index (χ1) is 16.5. The Morgan fingerprint density at radius 3 is 1.09 bits per heavy atom. The van der Waals surface area contributed by atoms with Gasteiger partial charge in [-0.2, -0.15) is 0 Å². The largest absolute Gasteiger partial charge is 0.481 e.